The third-order valence-corrected chi connectivity index (χ3v) is 9.51. The first-order valence-corrected chi connectivity index (χ1v) is 15.5. The van der Waals surface area contributed by atoms with E-state index in [0.717, 1.165) is 35.3 Å². The summed E-state index contributed by atoms with van der Waals surface area (Å²) in [5, 5.41) is 3.65. The molecule has 3 fully saturated rings. The summed E-state index contributed by atoms with van der Waals surface area (Å²) in [7, 11) is 0. The molecule has 6 rings (SSSR count). The van der Waals surface area contributed by atoms with Gasteiger partial charge in [0.25, 0.3) is 11.8 Å². The number of rotatable bonds is 5. The van der Waals surface area contributed by atoms with Crippen molar-refractivity contribution in [2.45, 2.75) is 95.7 Å². The fourth-order valence-electron chi connectivity index (χ4n) is 7.18. The van der Waals surface area contributed by atoms with Crippen molar-refractivity contribution in [3.63, 3.8) is 0 Å². The Morgan fingerprint density at radius 3 is 2.36 bits per heavy atom. The van der Waals surface area contributed by atoms with Crippen LogP contribution < -0.4 is 10.2 Å². The standard InChI is InChI=1S/C36H42FN3O2/c1-24-11-9-16-30(37)31(24)33(41)39-22-8-7-21-36(34(42)40(36)29-15-10-12-26(23-29)35(2,3)4)32(39)25-17-19-28(20-18-25)38-27-13-5-6-14-27/h9-12,15-20,23,27,32,38H,5-8,13-14,21-22H2,1-4H3. The quantitative estimate of drug-likeness (QED) is 0.319. The Labute approximate surface area is 249 Å². The van der Waals surface area contributed by atoms with Crippen molar-refractivity contribution in [3.05, 3.63) is 94.8 Å². The molecule has 1 spiro atoms. The number of carbonyl (C=O) groups is 2. The van der Waals surface area contributed by atoms with Gasteiger partial charge >= 0.3 is 0 Å². The Balaban J connectivity index is 1.44. The van der Waals surface area contributed by atoms with Gasteiger partial charge in [-0.1, -0.05) is 70.0 Å². The number of nitrogens with one attached hydrogen (secondary N) is 1. The first-order chi connectivity index (χ1) is 20.1. The van der Waals surface area contributed by atoms with Crippen LogP contribution >= 0.6 is 0 Å². The lowest BCUT2D eigenvalue weighted by Gasteiger charge is -2.35. The Kier molecular flexibility index (Phi) is 7.36. The number of hydrogen-bond donors (Lipinski definition) is 1. The van der Waals surface area contributed by atoms with E-state index in [1.54, 1.807) is 24.0 Å². The second kappa shape index (κ2) is 10.9. The lowest BCUT2D eigenvalue weighted by Crippen LogP contribution is -2.44. The molecule has 0 radical (unpaired) electrons. The second-order valence-electron chi connectivity index (χ2n) is 13.4. The molecule has 2 amide bonds. The minimum Gasteiger partial charge on any atom is -0.382 e. The lowest BCUT2D eigenvalue weighted by atomic mass is 9.86. The molecule has 5 nitrogen and oxygen atoms in total. The number of aryl methyl sites for hydroxylation is 1. The number of likely N-dealkylation sites (tertiary alicyclic amines) is 1. The Hall–Kier alpha value is -3.67. The maximum atomic E-state index is 15.2. The highest BCUT2D eigenvalue weighted by Gasteiger charge is 2.69. The lowest BCUT2D eigenvalue weighted by molar-refractivity contribution is -0.112. The highest BCUT2D eigenvalue weighted by Crippen LogP contribution is 2.55. The van der Waals surface area contributed by atoms with Crippen LogP contribution in [0.25, 0.3) is 0 Å². The molecule has 42 heavy (non-hydrogen) atoms. The minimum atomic E-state index is -0.901. The van der Waals surface area contributed by atoms with Crippen LogP contribution in [-0.2, 0) is 10.2 Å². The van der Waals surface area contributed by atoms with Crippen LogP contribution in [-0.4, -0.2) is 34.8 Å². The summed E-state index contributed by atoms with van der Waals surface area (Å²) in [4.78, 5) is 32.1. The van der Waals surface area contributed by atoms with Gasteiger partial charge in [0.15, 0.2) is 5.54 Å². The van der Waals surface area contributed by atoms with Crippen LogP contribution in [0, 0.1) is 12.7 Å². The molecule has 220 valence electrons. The number of amides is 2. The number of hydrogen-bond acceptors (Lipinski definition) is 3. The Morgan fingerprint density at radius 2 is 1.67 bits per heavy atom. The fourth-order valence-corrected chi connectivity index (χ4v) is 7.18. The van der Waals surface area contributed by atoms with E-state index < -0.39 is 17.4 Å². The van der Waals surface area contributed by atoms with Gasteiger partial charge in [-0.3, -0.25) is 14.5 Å². The fraction of sp³-hybridized carbons (Fsp3) is 0.444. The molecular weight excluding hydrogens is 525 g/mol. The molecule has 2 unspecified atom stereocenters. The predicted octanol–water partition coefficient (Wildman–Crippen LogP) is 7.94. The SMILES string of the molecule is Cc1cccc(F)c1C(=O)N1CCCCC2(C(=O)N2c2cccc(C(C)(C)C)c2)C1c1ccc(NC2CCCC2)cc1. The average Bonchev–Trinajstić information content (AvgIpc) is 3.29. The van der Waals surface area contributed by atoms with E-state index in [1.165, 1.54) is 31.7 Å². The summed E-state index contributed by atoms with van der Waals surface area (Å²) in [6, 6.07) is 21.1. The third-order valence-electron chi connectivity index (χ3n) is 9.51. The van der Waals surface area contributed by atoms with E-state index >= 15 is 4.39 Å². The zero-order valence-electron chi connectivity index (χ0n) is 25.3. The molecular formula is C36H42FN3O2. The molecule has 3 aromatic rings. The van der Waals surface area contributed by atoms with Crippen LogP contribution in [0.4, 0.5) is 15.8 Å². The van der Waals surface area contributed by atoms with Gasteiger partial charge in [-0.05, 0) is 91.5 Å². The monoisotopic (exact) mass is 567 g/mol. The number of anilines is 2. The van der Waals surface area contributed by atoms with Crippen LogP contribution in [0.3, 0.4) is 0 Å². The van der Waals surface area contributed by atoms with Crippen LogP contribution in [0.2, 0.25) is 0 Å². The van der Waals surface area contributed by atoms with E-state index in [1.807, 2.05) is 17.0 Å². The zero-order valence-corrected chi connectivity index (χ0v) is 25.3. The van der Waals surface area contributed by atoms with Gasteiger partial charge in [0.1, 0.15) is 5.82 Å². The Bertz CT molecular complexity index is 1470. The molecule has 6 heteroatoms. The van der Waals surface area contributed by atoms with Crippen molar-refractivity contribution in [2.24, 2.45) is 0 Å². The molecule has 0 aromatic heterocycles. The molecule has 1 N–H and O–H groups in total. The summed E-state index contributed by atoms with van der Waals surface area (Å²) in [5.41, 5.74) is 3.68. The largest absolute Gasteiger partial charge is 0.382 e. The first-order valence-electron chi connectivity index (χ1n) is 15.5. The molecule has 2 aliphatic heterocycles. The molecule has 2 atom stereocenters. The summed E-state index contributed by atoms with van der Waals surface area (Å²) in [6.07, 6.45) is 7.05. The highest BCUT2D eigenvalue weighted by molar-refractivity contribution is 6.21. The second-order valence-corrected chi connectivity index (χ2v) is 13.4. The maximum Gasteiger partial charge on any atom is 0.257 e. The third kappa shape index (κ3) is 4.99. The van der Waals surface area contributed by atoms with E-state index in [0.29, 0.717) is 24.6 Å². The minimum absolute atomic E-state index is 0.0247. The van der Waals surface area contributed by atoms with Crippen molar-refractivity contribution in [1.82, 2.24) is 4.90 Å². The molecule has 1 aliphatic carbocycles. The molecule has 3 aromatic carbocycles. The number of halogens is 1. The molecule has 0 bridgehead atoms. The van der Waals surface area contributed by atoms with Gasteiger partial charge in [0, 0.05) is 24.0 Å². The van der Waals surface area contributed by atoms with Crippen molar-refractivity contribution in [2.75, 3.05) is 16.8 Å². The first kappa shape index (κ1) is 28.4. The van der Waals surface area contributed by atoms with E-state index in [2.05, 4.69) is 62.5 Å². The van der Waals surface area contributed by atoms with Crippen LogP contribution in [0.5, 0.6) is 0 Å². The number of benzene rings is 3. The molecule has 1 saturated carbocycles. The predicted molar refractivity (Wildman–Crippen MR) is 166 cm³/mol. The van der Waals surface area contributed by atoms with Gasteiger partial charge in [-0.25, -0.2) is 4.39 Å². The summed E-state index contributed by atoms with van der Waals surface area (Å²) in [5.74, 6) is -0.852. The van der Waals surface area contributed by atoms with Gasteiger partial charge in [0.05, 0.1) is 11.6 Å². The van der Waals surface area contributed by atoms with Crippen LogP contribution in [0.1, 0.15) is 98.8 Å². The molecule has 2 saturated heterocycles. The number of nitrogens with zero attached hydrogens (tertiary/aromatic N) is 2. The average molecular weight is 568 g/mol. The van der Waals surface area contributed by atoms with Gasteiger partial charge < -0.3 is 10.2 Å². The van der Waals surface area contributed by atoms with Crippen LogP contribution in [0.15, 0.2) is 66.7 Å². The normalized spacial score (nSPS) is 22.9. The summed E-state index contributed by atoms with van der Waals surface area (Å²) in [6.45, 7) is 8.73. The van der Waals surface area contributed by atoms with E-state index in [9.17, 15) is 9.59 Å². The topological polar surface area (TPSA) is 52.4 Å². The van der Waals surface area contributed by atoms with E-state index in [4.69, 9.17) is 0 Å². The zero-order chi connectivity index (χ0) is 29.6. The molecule has 3 aliphatic rings. The van der Waals surface area contributed by atoms with Crippen molar-refractivity contribution in [1.29, 1.82) is 0 Å². The summed E-state index contributed by atoms with van der Waals surface area (Å²) < 4.78 is 15.2. The smallest absolute Gasteiger partial charge is 0.257 e. The van der Waals surface area contributed by atoms with Crippen molar-refractivity contribution >= 4 is 23.2 Å². The highest BCUT2D eigenvalue weighted by atomic mass is 19.1. The van der Waals surface area contributed by atoms with Gasteiger partial charge in [0.2, 0.25) is 0 Å². The van der Waals surface area contributed by atoms with E-state index in [-0.39, 0.29) is 22.8 Å². The number of carbonyl (C=O) groups excluding carboxylic acids is 2. The van der Waals surface area contributed by atoms with Gasteiger partial charge in [-0.15, -0.1) is 0 Å². The maximum absolute atomic E-state index is 15.2. The Morgan fingerprint density at radius 1 is 0.952 bits per heavy atom. The summed E-state index contributed by atoms with van der Waals surface area (Å²) >= 11 is 0. The molecule has 2 heterocycles. The van der Waals surface area contributed by atoms with Crippen molar-refractivity contribution < 1.29 is 14.0 Å². The van der Waals surface area contributed by atoms with Gasteiger partial charge in [-0.2, -0.15) is 0 Å². The van der Waals surface area contributed by atoms with Crippen molar-refractivity contribution in [3.8, 4) is 0 Å².